The highest BCUT2D eigenvalue weighted by molar-refractivity contribution is 14.0. The van der Waals surface area contributed by atoms with Crippen LogP contribution >= 0.6 is 24.0 Å². The second-order valence-corrected chi connectivity index (χ2v) is 6.49. The molecular weight excluding hydrogens is 401 g/mol. The number of aliphatic imine (C=N–C) groups is 1. The summed E-state index contributed by atoms with van der Waals surface area (Å²) in [5.74, 6) is 1.86. The molecular formula is C17H32IN5. The molecule has 0 bridgehead atoms. The summed E-state index contributed by atoms with van der Waals surface area (Å²) in [6.45, 7) is 8.31. The molecule has 23 heavy (non-hydrogen) atoms. The van der Waals surface area contributed by atoms with Gasteiger partial charge in [-0.05, 0) is 63.9 Å². The van der Waals surface area contributed by atoms with Crippen molar-refractivity contribution in [2.24, 2.45) is 10.9 Å². The molecule has 132 valence electrons. The molecule has 0 aliphatic heterocycles. The van der Waals surface area contributed by atoms with Gasteiger partial charge >= 0.3 is 0 Å². The number of aromatic nitrogens is 2. The van der Waals surface area contributed by atoms with E-state index in [9.17, 15) is 0 Å². The van der Waals surface area contributed by atoms with Crippen molar-refractivity contribution in [3.8, 4) is 0 Å². The molecule has 0 saturated heterocycles. The Balaban J connectivity index is 0.00000264. The minimum atomic E-state index is 0. The molecule has 1 fully saturated rings. The molecule has 0 atom stereocenters. The maximum atomic E-state index is 4.72. The molecule has 0 spiro atoms. The second kappa shape index (κ2) is 10.9. The highest BCUT2D eigenvalue weighted by Gasteiger charge is 2.18. The SMILES string of the molecule is CCNC(=NCCCc1cn[nH]c1C)NC1CCC(C)CC1.I. The number of hydrogen-bond donors (Lipinski definition) is 3. The molecule has 6 heteroatoms. The van der Waals surface area contributed by atoms with Gasteiger partial charge in [0.05, 0.1) is 6.20 Å². The number of guanidine groups is 1. The lowest BCUT2D eigenvalue weighted by molar-refractivity contribution is 0.329. The van der Waals surface area contributed by atoms with Gasteiger partial charge in [-0.1, -0.05) is 6.92 Å². The van der Waals surface area contributed by atoms with Crippen molar-refractivity contribution in [1.82, 2.24) is 20.8 Å². The van der Waals surface area contributed by atoms with Gasteiger partial charge in [-0.15, -0.1) is 24.0 Å². The van der Waals surface area contributed by atoms with E-state index in [1.807, 2.05) is 6.20 Å². The standard InChI is InChI=1S/C17H31N5.HI/c1-4-18-17(21-16-9-7-13(2)8-10-16)19-11-5-6-15-12-20-22-14(15)3;/h12-13,16H,4-11H2,1-3H3,(H,20,22)(H2,18,19,21);1H. The number of halogens is 1. The van der Waals surface area contributed by atoms with Crippen molar-refractivity contribution < 1.29 is 0 Å². The molecule has 5 nitrogen and oxygen atoms in total. The zero-order valence-electron chi connectivity index (χ0n) is 14.7. The van der Waals surface area contributed by atoms with E-state index in [1.54, 1.807) is 0 Å². The molecule has 1 aromatic heterocycles. The summed E-state index contributed by atoms with van der Waals surface area (Å²) < 4.78 is 0. The number of rotatable bonds is 6. The third kappa shape index (κ3) is 7.10. The van der Waals surface area contributed by atoms with Crippen LogP contribution in [0.25, 0.3) is 0 Å². The topological polar surface area (TPSA) is 65.1 Å². The molecule has 1 aliphatic rings. The van der Waals surface area contributed by atoms with Crippen molar-refractivity contribution in [1.29, 1.82) is 0 Å². The van der Waals surface area contributed by atoms with Crippen LogP contribution in [-0.4, -0.2) is 35.3 Å². The number of hydrogen-bond acceptors (Lipinski definition) is 2. The highest BCUT2D eigenvalue weighted by Crippen LogP contribution is 2.23. The number of nitrogens with one attached hydrogen (secondary N) is 3. The number of H-pyrrole nitrogens is 1. The fourth-order valence-electron chi connectivity index (χ4n) is 3.01. The Labute approximate surface area is 157 Å². The number of aromatic amines is 1. The van der Waals surface area contributed by atoms with Crippen molar-refractivity contribution >= 4 is 29.9 Å². The molecule has 3 N–H and O–H groups in total. The summed E-state index contributed by atoms with van der Waals surface area (Å²) in [5.41, 5.74) is 2.47. The van der Waals surface area contributed by atoms with Gasteiger partial charge in [0, 0.05) is 24.8 Å². The molecule has 2 rings (SSSR count). The summed E-state index contributed by atoms with van der Waals surface area (Å²) in [6, 6.07) is 0.588. The van der Waals surface area contributed by atoms with E-state index < -0.39 is 0 Å². The Bertz CT molecular complexity index is 463. The van der Waals surface area contributed by atoms with Crippen LogP contribution in [-0.2, 0) is 6.42 Å². The Morgan fingerprint density at radius 1 is 1.35 bits per heavy atom. The first-order valence-corrected chi connectivity index (χ1v) is 8.72. The first-order chi connectivity index (χ1) is 10.7. The van der Waals surface area contributed by atoms with Crippen LogP contribution in [0.4, 0.5) is 0 Å². The molecule has 1 saturated carbocycles. The fourth-order valence-corrected chi connectivity index (χ4v) is 3.01. The predicted octanol–water partition coefficient (Wildman–Crippen LogP) is 3.40. The van der Waals surface area contributed by atoms with Crippen molar-refractivity contribution in [3.63, 3.8) is 0 Å². The Morgan fingerprint density at radius 2 is 2.09 bits per heavy atom. The lowest BCUT2D eigenvalue weighted by atomic mass is 9.87. The van der Waals surface area contributed by atoms with Crippen LogP contribution in [0, 0.1) is 12.8 Å². The van der Waals surface area contributed by atoms with Gasteiger partial charge in [0.25, 0.3) is 0 Å². The van der Waals surface area contributed by atoms with Crippen molar-refractivity contribution in [2.45, 2.75) is 65.3 Å². The average molecular weight is 433 g/mol. The maximum absolute atomic E-state index is 4.72. The van der Waals surface area contributed by atoms with Crippen LogP contribution in [0.15, 0.2) is 11.2 Å². The minimum Gasteiger partial charge on any atom is -0.357 e. The first kappa shape index (κ1) is 20.3. The molecule has 0 amide bonds. The fraction of sp³-hybridized carbons (Fsp3) is 0.765. The molecule has 1 heterocycles. The summed E-state index contributed by atoms with van der Waals surface area (Å²) in [5, 5.41) is 14.0. The van der Waals surface area contributed by atoms with E-state index in [4.69, 9.17) is 4.99 Å². The summed E-state index contributed by atoms with van der Waals surface area (Å²) in [6.07, 6.45) is 9.20. The number of aryl methyl sites for hydroxylation is 2. The third-order valence-corrected chi connectivity index (χ3v) is 4.51. The predicted molar refractivity (Wildman–Crippen MR) is 108 cm³/mol. The van der Waals surface area contributed by atoms with E-state index in [0.717, 1.165) is 37.8 Å². The van der Waals surface area contributed by atoms with Crippen LogP contribution < -0.4 is 10.6 Å². The summed E-state index contributed by atoms with van der Waals surface area (Å²) in [7, 11) is 0. The van der Waals surface area contributed by atoms with Gasteiger partial charge in [0.2, 0.25) is 0 Å². The van der Waals surface area contributed by atoms with Gasteiger partial charge in [0.1, 0.15) is 0 Å². The third-order valence-electron chi connectivity index (χ3n) is 4.51. The van der Waals surface area contributed by atoms with Crippen LogP contribution in [0.1, 0.15) is 57.2 Å². The molecule has 0 unspecified atom stereocenters. The van der Waals surface area contributed by atoms with Gasteiger partial charge in [-0.25, -0.2) is 0 Å². The van der Waals surface area contributed by atoms with Crippen LogP contribution in [0.5, 0.6) is 0 Å². The molecule has 1 aliphatic carbocycles. The highest BCUT2D eigenvalue weighted by atomic mass is 127. The van der Waals surface area contributed by atoms with E-state index in [2.05, 4.69) is 41.6 Å². The smallest absolute Gasteiger partial charge is 0.191 e. The average Bonchev–Trinajstić information content (AvgIpc) is 2.91. The zero-order valence-corrected chi connectivity index (χ0v) is 17.0. The lowest BCUT2D eigenvalue weighted by Gasteiger charge is -2.28. The molecule has 1 aromatic rings. The Kier molecular flexibility index (Phi) is 9.59. The minimum absolute atomic E-state index is 0. The van der Waals surface area contributed by atoms with E-state index in [1.165, 1.54) is 36.9 Å². The first-order valence-electron chi connectivity index (χ1n) is 8.72. The normalized spacial score (nSPS) is 21.6. The Morgan fingerprint density at radius 3 is 2.70 bits per heavy atom. The monoisotopic (exact) mass is 433 g/mol. The number of nitrogens with zero attached hydrogens (tertiary/aromatic N) is 2. The largest absolute Gasteiger partial charge is 0.357 e. The molecule has 0 radical (unpaired) electrons. The maximum Gasteiger partial charge on any atom is 0.191 e. The summed E-state index contributed by atoms with van der Waals surface area (Å²) in [4.78, 5) is 4.72. The van der Waals surface area contributed by atoms with Gasteiger partial charge in [0.15, 0.2) is 5.96 Å². The van der Waals surface area contributed by atoms with Gasteiger partial charge < -0.3 is 10.6 Å². The van der Waals surface area contributed by atoms with Gasteiger partial charge in [-0.2, -0.15) is 5.10 Å². The van der Waals surface area contributed by atoms with E-state index in [0.29, 0.717) is 6.04 Å². The molecule has 0 aromatic carbocycles. The van der Waals surface area contributed by atoms with Crippen LogP contribution in [0.3, 0.4) is 0 Å². The van der Waals surface area contributed by atoms with Crippen molar-refractivity contribution in [2.75, 3.05) is 13.1 Å². The second-order valence-electron chi connectivity index (χ2n) is 6.49. The quantitative estimate of drug-likeness (QED) is 0.279. The van der Waals surface area contributed by atoms with Crippen molar-refractivity contribution in [3.05, 3.63) is 17.5 Å². The Hall–Kier alpha value is -0.790. The summed E-state index contributed by atoms with van der Waals surface area (Å²) >= 11 is 0. The van der Waals surface area contributed by atoms with Gasteiger partial charge in [-0.3, -0.25) is 10.1 Å². The van der Waals surface area contributed by atoms with E-state index in [-0.39, 0.29) is 24.0 Å². The van der Waals surface area contributed by atoms with E-state index >= 15 is 0 Å². The zero-order chi connectivity index (χ0) is 15.8. The van der Waals surface area contributed by atoms with Crippen LogP contribution in [0.2, 0.25) is 0 Å². The lowest BCUT2D eigenvalue weighted by Crippen LogP contribution is -2.44.